The largest absolute Gasteiger partial charge is 0.378 e. The molecule has 0 amide bonds. The van der Waals surface area contributed by atoms with Gasteiger partial charge in [-0.15, -0.1) is 0 Å². The summed E-state index contributed by atoms with van der Waals surface area (Å²) in [4.78, 5) is 7.05. The molecule has 1 aromatic heterocycles. The average molecular weight is 381 g/mol. The zero-order valence-electron chi connectivity index (χ0n) is 16.9. The minimum atomic E-state index is 0.516. The molecule has 0 bridgehead atoms. The molecule has 5 nitrogen and oxygen atoms in total. The summed E-state index contributed by atoms with van der Waals surface area (Å²) in [5.74, 6) is 1.01. The molecule has 2 fully saturated rings. The molecule has 2 N–H and O–H groups in total. The van der Waals surface area contributed by atoms with E-state index in [9.17, 15) is 0 Å². The molecule has 0 spiro atoms. The van der Waals surface area contributed by atoms with E-state index in [1.165, 1.54) is 42.5 Å². The van der Waals surface area contributed by atoms with Crippen molar-refractivity contribution in [3.05, 3.63) is 53.7 Å². The van der Waals surface area contributed by atoms with E-state index in [-0.39, 0.29) is 0 Å². The van der Waals surface area contributed by atoms with Crippen molar-refractivity contribution in [2.45, 2.75) is 51.2 Å². The van der Waals surface area contributed by atoms with Crippen molar-refractivity contribution in [1.82, 2.24) is 10.3 Å². The van der Waals surface area contributed by atoms with E-state index < -0.39 is 0 Å². The van der Waals surface area contributed by atoms with Crippen LogP contribution in [0.15, 0.2) is 42.6 Å². The third kappa shape index (κ3) is 5.03. The van der Waals surface area contributed by atoms with Crippen LogP contribution in [0.3, 0.4) is 0 Å². The Bertz CT molecular complexity index is 738. The van der Waals surface area contributed by atoms with Gasteiger partial charge in [0, 0.05) is 49.7 Å². The molecule has 0 unspecified atom stereocenters. The zero-order chi connectivity index (χ0) is 19.2. The quantitative estimate of drug-likeness (QED) is 0.800. The van der Waals surface area contributed by atoms with Crippen molar-refractivity contribution < 1.29 is 4.74 Å². The molecule has 1 aromatic carbocycles. The Morgan fingerprint density at radius 2 is 1.75 bits per heavy atom. The van der Waals surface area contributed by atoms with Crippen LogP contribution in [0, 0.1) is 6.92 Å². The predicted molar refractivity (Wildman–Crippen MR) is 115 cm³/mol. The molecule has 1 saturated carbocycles. The van der Waals surface area contributed by atoms with Gasteiger partial charge in [-0.25, -0.2) is 4.98 Å². The van der Waals surface area contributed by atoms with Crippen LogP contribution in [0.4, 0.5) is 11.5 Å². The van der Waals surface area contributed by atoms with Crippen molar-refractivity contribution in [2.24, 2.45) is 0 Å². The first-order valence-corrected chi connectivity index (χ1v) is 10.6. The Hall–Kier alpha value is -2.11. The average Bonchev–Trinajstić information content (AvgIpc) is 2.76. The first-order chi connectivity index (χ1) is 13.8. The summed E-state index contributed by atoms with van der Waals surface area (Å²) in [7, 11) is 0. The highest BCUT2D eigenvalue weighted by Crippen LogP contribution is 2.26. The van der Waals surface area contributed by atoms with Gasteiger partial charge < -0.3 is 20.3 Å². The molecule has 4 rings (SSSR count). The lowest BCUT2D eigenvalue weighted by Gasteiger charge is -2.32. The highest BCUT2D eigenvalue weighted by molar-refractivity contribution is 5.59. The summed E-state index contributed by atoms with van der Waals surface area (Å²) in [5, 5.41) is 7.41. The molecule has 1 aliphatic heterocycles. The first-order valence-electron chi connectivity index (χ1n) is 10.6. The third-order valence-electron chi connectivity index (χ3n) is 5.94. The van der Waals surface area contributed by atoms with Crippen LogP contribution >= 0.6 is 0 Å². The van der Waals surface area contributed by atoms with Crippen LogP contribution in [0.2, 0.25) is 0 Å². The van der Waals surface area contributed by atoms with Gasteiger partial charge in [0.1, 0.15) is 5.82 Å². The summed E-state index contributed by atoms with van der Waals surface area (Å²) in [6.07, 6.45) is 6.81. The second-order valence-corrected chi connectivity index (χ2v) is 8.01. The van der Waals surface area contributed by atoms with E-state index in [4.69, 9.17) is 4.74 Å². The van der Waals surface area contributed by atoms with E-state index in [2.05, 4.69) is 63.8 Å². The number of rotatable bonds is 6. The minimum absolute atomic E-state index is 0.516. The number of morpholine rings is 1. The molecule has 0 atom stereocenters. The van der Waals surface area contributed by atoms with Gasteiger partial charge in [-0.3, -0.25) is 0 Å². The number of aryl methyl sites for hydroxylation is 1. The molecule has 150 valence electrons. The lowest BCUT2D eigenvalue weighted by molar-refractivity contribution is 0.122. The van der Waals surface area contributed by atoms with Crippen molar-refractivity contribution in [2.75, 3.05) is 36.5 Å². The van der Waals surface area contributed by atoms with E-state index >= 15 is 0 Å². The molecule has 2 aromatic rings. The smallest absolute Gasteiger partial charge is 0.128 e. The van der Waals surface area contributed by atoms with Gasteiger partial charge >= 0.3 is 0 Å². The standard InChI is InChI=1S/C23H32N4O/c1-18-16-25-23(15-22(18)27-11-13-28-14-12-27)26-21-9-7-20(8-10-21)24-17-19-5-3-2-4-6-19/h2-6,15-16,20-21,24H,7-14,17H2,1H3,(H,25,26). The topological polar surface area (TPSA) is 49.4 Å². The van der Waals surface area contributed by atoms with Gasteiger partial charge in [-0.2, -0.15) is 0 Å². The molecule has 1 saturated heterocycles. The molecular formula is C23H32N4O. The number of pyridine rings is 1. The molecule has 28 heavy (non-hydrogen) atoms. The summed E-state index contributed by atoms with van der Waals surface area (Å²) in [6, 6.07) is 14.0. The fourth-order valence-corrected chi connectivity index (χ4v) is 4.25. The van der Waals surface area contributed by atoms with Crippen molar-refractivity contribution >= 4 is 11.5 Å². The Labute approximate surface area is 168 Å². The molecule has 2 heterocycles. The Kier molecular flexibility index (Phi) is 6.45. The van der Waals surface area contributed by atoms with Crippen molar-refractivity contribution in [3.63, 3.8) is 0 Å². The van der Waals surface area contributed by atoms with Gasteiger partial charge in [0.15, 0.2) is 0 Å². The van der Waals surface area contributed by atoms with Gasteiger partial charge in [-0.05, 0) is 43.7 Å². The summed E-state index contributed by atoms with van der Waals surface area (Å²) in [5.41, 5.74) is 3.89. The Morgan fingerprint density at radius 1 is 1.04 bits per heavy atom. The van der Waals surface area contributed by atoms with Gasteiger partial charge in [0.2, 0.25) is 0 Å². The lowest BCUT2D eigenvalue weighted by atomic mass is 9.91. The maximum Gasteiger partial charge on any atom is 0.128 e. The highest BCUT2D eigenvalue weighted by Gasteiger charge is 2.21. The fourth-order valence-electron chi connectivity index (χ4n) is 4.25. The second-order valence-electron chi connectivity index (χ2n) is 8.01. The van der Waals surface area contributed by atoms with E-state index in [1.807, 2.05) is 6.20 Å². The molecule has 5 heteroatoms. The van der Waals surface area contributed by atoms with Gasteiger partial charge in [0.05, 0.1) is 13.2 Å². The zero-order valence-corrected chi connectivity index (χ0v) is 16.9. The maximum atomic E-state index is 5.49. The van der Waals surface area contributed by atoms with Crippen molar-refractivity contribution in [1.29, 1.82) is 0 Å². The SMILES string of the molecule is Cc1cnc(NC2CCC(NCc3ccccc3)CC2)cc1N1CCOCC1. The van der Waals surface area contributed by atoms with E-state index in [1.54, 1.807) is 0 Å². The number of aromatic nitrogens is 1. The monoisotopic (exact) mass is 380 g/mol. The predicted octanol–water partition coefficient (Wildman–Crippen LogP) is 3.74. The third-order valence-corrected chi connectivity index (χ3v) is 5.94. The number of hydrogen-bond donors (Lipinski definition) is 2. The number of nitrogens with zero attached hydrogens (tertiary/aromatic N) is 2. The number of nitrogens with one attached hydrogen (secondary N) is 2. The molecule has 2 aliphatic rings. The lowest BCUT2D eigenvalue weighted by Crippen LogP contribution is -2.37. The summed E-state index contributed by atoms with van der Waals surface area (Å²) >= 11 is 0. The van der Waals surface area contributed by atoms with Crippen LogP contribution in [-0.2, 0) is 11.3 Å². The Morgan fingerprint density at radius 3 is 2.50 bits per heavy atom. The molecular weight excluding hydrogens is 348 g/mol. The van der Waals surface area contributed by atoms with Crippen LogP contribution in [0.1, 0.15) is 36.8 Å². The first kappa shape index (κ1) is 19.2. The second kappa shape index (κ2) is 9.39. The normalized spacial score (nSPS) is 22.8. The minimum Gasteiger partial charge on any atom is -0.378 e. The number of benzene rings is 1. The maximum absolute atomic E-state index is 5.49. The van der Waals surface area contributed by atoms with Crippen LogP contribution in [0.25, 0.3) is 0 Å². The van der Waals surface area contributed by atoms with Gasteiger partial charge in [-0.1, -0.05) is 30.3 Å². The molecule has 1 aliphatic carbocycles. The summed E-state index contributed by atoms with van der Waals surface area (Å²) in [6.45, 7) is 6.65. The van der Waals surface area contributed by atoms with E-state index in [0.717, 1.165) is 38.7 Å². The van der Waals surface area contributed by atoms with Crippen LogP contribution in [-0.4, -0.2) is 43.4 Å². The highest BCUT2D eigenvalue weighted by atomic mass is 16.5. The van der Waals surface area contributed by atoms with Crippen LogP contribution < -0.4 is 15.5 Å². The number of anilines is 2. The number of ether oxygens (including phenoxy) is 1. The Balaban J connectivity index is 1.27. The number of hydrogen-bond acceptors (Lipinski definition) is 5. The van der Waals surface area contributed by atoms with E-state index in [0.29, 0.717) is 12.1 Å². The van der Waals surface area contributed by atoms with Gasteiger partial charge in [0.25, 0.3) is 0 Å². The molecule has 0 radical (unpaired) electrons. The summed E-state index contributed by atoms with van der Waals surface area (Å²) < 4.78 is 5.49. The fraction of sp³-hybridized carbons (Fsp3) is 0.522. The van der Waals surface area contributed by atoms with Crippen molar-refractivity contribution in [3.8, 4) is 0 Å². The van der Waals surface area contributed by atoms with Crippen LogP contribution in [0.5, 0.6) is 0 Å².